The number of carbonyl (C=O) groups is 2. The zero-order valence-corrected chi connectivity index (χ0v) is 21.2. The maximum Gasteiger partial charge on any atom is 0.420 e. The van der Waals surface area contributed by atoms with E-state index in [9.17, 15) is 9.59 Å². The minimum atomic E-state index is -0.717. The van der Waals surface area contributed by atoms with E-state index in [1.54, 1.807) is 17.2 Å². The van der Waals surface area contributed by atoms with Crippen molar-refractivity contribution in [1.82, 2.24) is 4.98 Å². The van der Waals surface area contributed by atoms with Gasteiger partial charge in [0.05, 0.1) is 30.6 Å². The molecule has 1 aromatic carbocycles. The number of anilines is 3. The largest absolute Gasteiger partial charge is 0.443 e. The monoisotopic (exact) mass is 479 g/mol. The van der Waals surface area contributed by atoms with Crippen molar-refractivity contribution >= 4 is 29.4 Å². The third-order valence-electron chi connectivity index (χ3n) is 5.41. The minimum absolute atomic E-state index is 0.149. The van der Waals surface area contributed by atoms with Gasteiger partial charge in [-0.25, -0.2) is 19.5 Å². The molecule has 2 aromatic rings. The van der Waals surface area contributed by atoms with Gasteiger partial charge in [0.1, 0.15) is 17.0 Å². The molecule has 8 heteroatoms. The van der Waals surface area contributed by atoms with Gasteiger partial charge in [-0.2, -0.15) is 0 Å². The van der Waals surface area contributed by atoms with E-state index in [-0.39, 0.29) is 12.6 Å². The molecule has 186 valence electrons. The van der Waals surface area contributed by atoms with E-state index in [2.05, 4.69) is 11.1 Å². The Bertz CT molecular complexity index is 1150. The van der Waals surface area contributed by atoms with Crippen molar-refractivity contribution in [2.24, 2.45) is 0 Å². The Balaban J connectivity index is 1.88. The first kappa shape index (κ1) is 24.7. The van der Waals surface area contributed by atoms with Crippen LogP contribution in [0.25, 0.3) is 0 Å². The molecular weight excluding hydrogens is 446 g/mol. The summed E-state index contributed by atoms with van der Waals surface area (Å²) in [6.07, 6.45) is 5.18. The van der Waals surface area contributed by atoms with Crippen LogP contribution in [0.3, 0.4) is 0 Å². The normalized spacial score (nSPS) is 17.8. The van der Waals surface area contributed by atoms with Gasteiger partial charge in [0.25, 0.3) is 0 Å². The smallest absolute Gasteiger partial charge is 0.420 e. The molecule has 0 fully saturated rings. The van der Waals surface area contributed by atoms with Crippen LogP contribution in [0.2, 0.25) is 0 Å². The van der Waals surface area contributed by atoms with Gasteiger partial charge in [0.15, 0.2) is 0 Å². The highest BCUT2D eigenvalue weighted by Crippen LogP contribution is 2.43. The van der Waals surface area contributed by atoms with Crippen molar-refractivity contribution in [3.63, 3.8) is 0 Å². The molecule has 2 amide bonds. The molecule has 1 aromatic heterocycles. The zero-order chi connectivity index (χ0) is 25.4. The summed E-state index contributed by atoms with van der Waals surface area (Å²) in [5, 5.41) is 0. The third kappa shape index (κ3) is 5.65. The van der Waals surface area contributed by atoms with Crippen LogP contribution in [0, 0.1) is 0 Å². The number of benzene rings is 1. The molecule has 1 atom stereocenters. The van der Waals surface area contributed by atoms with Crippen LogP contribution in [0.4, 0.5) is 26.8 Å². The van der Waals surface area contributed by atoms with E-state index in [4.69, 9.17) is 14.2 Å². The lowest BCUT2D eigenvalue weighted by atomic mass is 10.0. The molecule has 35 heavy (non-hydrogen) atoms. The second-order valence-corrected chi connectivity index (χ2v) is 10.6. The predicted octanol–water partition coefficient (Wildman–Crippen LogP) is 6.43. The minimum Gasteiger partial charge on any atom is -0.443 e. The first-order valence-electron chi connectivity index (χ1n) is 11.8. The number of rotatable bonds is 1. The van der Waals surface area contributed by atoms with Crippen LogP contribution in [0.15, 0.2) is 48.7 Å². The Morgan fingerprint density at radius 3 is 2.34 bits per heavy atom. The van der Waals surface area contributed by atoms with Gasteiger partial charge in [0.2, 0.25) is 0 Å². The number of ether oxygens (including phenoxy) is 3. The summed E-state index contributed by atoms with van der Waals surface area (Å²) in [7, 11) is 0. The van der Waals surface area contributed by atoms with Crippen LogP contribution in [-0.4, -0.2) is 35.0 Å². The van der Waals surface area contributed by atoms with Crippen molar-refractivity contribution in [2.75, 3.05) is 16.4 Å². The molecule has 0 bridgehead atoms. The Kier molecular flexibility index (Phi) is 6.60. The SMILES string of the molecule is CC(C)(C)OC(=O)N1Cc2cccnc2N(C(=O)OC(C)(C)C)c2ccc(C3CC=CCO3)cc21. The quantitative estimate of drug-likeness (QED) is 0.439. The van der Waals surface area contributed by atoms with E-state index in [0.717, 1.165) is 12.0 Å². The maximum absolute atomic E-state index is 13.5. The molecule has 0 N–H and O–H groups in total. The van der Waals surface area contributed by atoms with Gasteiger partial charge < -0.3 is 14.2 Å². The summed E-state index contributed by atoms with van der Waals surface area (Å²) in [4.78, 5) is 34.4. The fourth-order valence-electron chi connectivity index (χ4n) is 4.00. The number of fused-ring (bicyclic) bond motifs is 2. The highest BCUT2D eigenvalue weighted by Gasteiger charge is 2.37. The second-order valence-electron chi connectivity index (χ2n) is 10.6. The van der Waals surface area contributed by atoms with Gasteiger partial charge in [-0.1, -0.05) is 24.3 Å². The number of hydrogen-bond acceptors (Lipinski definition) is 6. The molecule has 0 saturated carbocycles. The maximum atomic E-state index is 13.5. The number of nitrogens with zero attached hydrogens (tertiary/aromatic N) is 3. The highest BCUT2D eigenvalue weighted by molar-refractivity contribution is 6.04. The number of amides is 2. The van der Waals surface area contributed by atoms with Gasteiger partial charge in [-0.15, -0.1) is 0 Å². The summed E-state index contributed by atoms with van der Waals surface area (Å²) in [6.45, 7) is 11.6. The van der Waals surface area contributed by atoms with Crippen molar-refractivity contribution < 1.29 is 23.8 Å². The van der Waals surface area contributed by atoms with Crippen molar-refractivity contribution in [3.05, 3.63) is 59.8 Å². The molecule has 2 aliphatic heterocycles. The van der Waals surface area contributed by atoms with Crippen LogP contribution in [0.1, 0.15) is 65.2 Å². The zero-order valence-electron chi connectivity index (χ0n) is 21.2. The van der Waals surface area contributed by atoms with Gasteiger partial charge >= 0.3 is 12.2 Å². The van der Waals surface area contributed by atoms with Crippen LogP contribution in [-0.2, 0) is 20.8 Å². The number of aromatic nitrogens is 1. The van der Waals surface area contributed by atoms with Crippen LogP contribution >= 0.6 is 0 Å². The van der Waals surface area contributed by atoms with Gasteiger partial charge in [-0.05, 0) is 71.7 Å². The summed E-state index contributed by atoms with van der Waals surface area (Å²) in [6, 6.07) is 9.26. The summed E-state index contributed by atoms with van der Waals surface area (Å²) >= 11 is 0. The van der Waals surface area contributed by atoms with E-state index < -0.39 is 23.4 Å². The first-order valence-corrected chi connectivity index (χ1v) is 11.8. The van der Waals surface area contributed by atoms with E-state index in [1.807, 2.05) is 71.9 Å². The molecule has 8 nitrogen and oxygen atoms in total. The molecule has 4 rings (SSSR count). The summed E-state index contributed by atoms with van der Waals surface area (Å²) in [5.74, 6) is 0.415. The number of pyridine rings is 1. The average molecular weight is 480 g/mol. The Labute approximate surface area is 206 Å². The summed E-state index contributed by atoms with van der Waals surface area (Å²) < 4.78 is 17.4. The van der Waals surface area contributed by atoms with E-state index >= 15 is 0 Å². The predicted molar refractivity (Wildman–Crippen MR) is 134 cm³/mol. The molecule has 1 unspecified atom stereocenters. The summed E-state index contributed by atoms with van der Waals surface area (Å²) in [5.41, 5.74) is 1.20. The van der Waals surface area contributed by atoms with Crippen molar-refractivity contribution in [2.45, 2.75) is 71.8 Å². The lowest BCUT2D eigenvalue weighted by Crippen LogP contribution is -2.37. The lowest BCUT2D eigenvalue weighted by Gasteiger charge is -2.30. The molecular formula is C27H33N3O5. The number of hydrogen-bond donors (Lipinski definition) is 0. The molecule has 0 aliphatic carbocycles. The van der Waals surface area contributed by atoms with E-state index in [0.29, 0.717) is 29.4 Å². The molecule has 3 heterocycles. The van der Waals surface area contributed by atoms with Crippen molar-refractivity contribution in [1.29, 1.82) is 0 Å². The fraction of sp³-hybridized carbons (Fsp3) is 0.444. The van der Waals surface area contributed by atoms with Crippen LogP contribution in [0.5, 0.6) is 0 Å². The Morgan fingerprint density at radius 2 is 1.69 bits per heavy atom. The van der Waals surface area contributed by atoms with Crippen LogP contribution < -0.4 is 9.80 Å². The highest BCUT2D eigenvalue weighted by atomic mass is 16.6. The first-order chi connectivity index (χ1) is 16.4. The van der Waals surface area contributed by atoms with Crippen molar-refractivity contribution in [3.8, 4) is 0 Å². The molecule has 0 spiro atoms. The topological polar surface area (TPSA) is 81.2 Å². The second kappa shape index (κ2) is 9.34. The fourth-order valence-corrected chi connectivity index (χ4v) is 4.00. The molecule has 0 radical (unpaired) electrons. The molecule has 2 aliphatic rings. The van der Waals surface area contributed by atoms with Gasteiger partial charge in [-0.3, -0.25) is 4.90 Å². The van der Waals surface area contributed by atoms with Gasteiger partial charge in [0, 0.05) is 11.8 Å². The Hall–Kier alpha value is -3.39. The van der Waals surface area contributed by atoms with E-state index in [1.165, 1.54) is 4.90 Å². The lowest BCUT2D eigenvalue weighted by molar-refractivity contribution is 0.0569. The number of carbonyl (C=O) groups excluding carboxylic acids is 2. The average Bonchev–Trinajstić information content (AvgIpc) is 2.91. The standard InChI is InChI=1S/C27H33N3O5/c1-26(2,3)34-24(31)29-17-19-10-9-14-28-23(19)30(25(32)35-27(4,5)6)20-13-12-18(16-21(20)29)22-11-7-8-15-33-22/h7-10,12-14,16,22H,11,15,17H2,1-6H3. The Morgan fingerprint density at radius 1 is 0.971 bits per heavy atom. The molecule has 0 saturated heterocycles. The third-order valence-corrected chi connectivity index (χ3v) is 5.41.